The van der Waals surface area contributed by atoms with Crippen LogP contribution in [0.2, 0.25) is 0 Å². The molecule has 0 aromatic heterocycles. The van der Waals surface area contributed by atoms with Gasteiger partial charge in [-0.3, -0.25) is 9.35 Å². The zero-order chi connectivity index (χ0) is 13.1. The van der Waals surface area contributed by atoms with Gasteiger partial charge in [-0.1, -0.05) is 25.5 Å². The largest absolute Gasteiger partial charge is 0.295 e. The van der Waals surface area contributed by atoms with Gasteiger partial charge in [-0.2, -0.15) is 8.42 Å². The van der Waals surface area contributed by atoms with E-state index < -0.39 is 10.1 Å². The van der Waals surface area contributed by atoms with Gasteiger partial charge in [0.15, 0.2) is 5.78 Å². The standard InChI is InChI=1S/C12H16O4S/c1-3-4-5-10-6-7-11(9(2)13)8-12(10)17(14,15)16/h6-8H,3-5H2,1-2H3,(H,14,15,16). The molecule has 0 heterocycles. The monoisotopic (exact) mass is 256 g/mol. The number of rotatable bonds is 5. The van der Waals surface area contributed by atoms with Crippen LogP contribution in [-0.4, -0.2) is 18.8 Å². The van der Waals surface area contributed by atoms with Gasteiger partial charge < -0.3 is 0 Å². The number of benzene rings is 1. The van der Waals surface area contributed by atoms with Gasteiger partial charge in [-0.05, 0) is 31.4 Å². The molecule has 0 spiro atoms. The molecule has 0 unspecified atom stereocenters. The highest BCUT2D eigenvalue weighted by atomic mass is 32.2. The van der Waals surface area contributed by atoms with Crippen molar-refractivity contribution in [1.29, 1.82) is 0 Å². The second-order valence-electron chi connectivity index (χ2n) is 3.96. The number of carbonyl (C=O) groups is 1. The summed E-state index contributed by atoms with van der Waals surface area (Å²) in [4.78, 5) is 11.0. The van der Waals surface area contributed by atoms with Crippen LogP contribution in [0.5, 0.6) is 0 Å². The van der Waals surface area contributed by atoms with Gasteiger partial charge in [0.1, 0.15) is 0 Å². The lowest BCUT2D eigenvalue weighted by Gasteiger charge is -2.08. The molecular formula is C12H16O4S. The van der Waals surface area contributed by atoms with Crippen LogP contribution in [0, 0.1) is 0 Å². The van der Waals surface area contributed by atoms with Crippen LogP contribution in [0.4, 0.5) is 0 Å². The molecule has 17 heavy (non-hydrogen) atoms. The molecule has 0 bridgehead atoms. The normalized spacial score (nSPS) is 11.5. The van der Waals surface area contributed by atoms with E-state index in [1.54, 1.807) is 12.1 Å². The molecular weight excluding hydrogens is 240 g/mol. The van der Waals surface area contributed by atoms with E-state index in [-0.39, 0.29) is 16.2 Å². The quantitative estimate of drug-likeness (QED) is 0.649. The predicted molar refractivity (Wildman–Crippen MR) is 64.9 cm³/mol. The summed E-state index contributed by atoms with van der Waals surface area (Å²) in [7, 11) is -4.27. The molecule has 5 heteroatoms. The molecule has 0 fully saturated rings. The first kappa shape index (κ1) is 13.9. The van der Waals surface area contributed by atoms with Gasteiger partial charge in [0.25, 0.3) is 10.1 Å². The van der Waals surface area contributed by atoms with E-state index in [4.69, 9.17) is 4.55 Å². The summed E-state index contributed by atoms with van der Waals surface area (Å²) in [5.74, 6) is -0.225. The fourth-order valence-electron chi connectivity index (χ4n) is 1.59. The second kappa shape index (κ2) is 5.42. The Kier molecular flexibility index (Phi) is 4.42. The van der Waals surface area contributed by atoms with E-state index in [1.165, 1.54) is 13.0 Å². The van der Waals surface area contributed by atoms with Crippen LogP contribution in [0.15, 0.2) is 23.1 Å². The summed E-state index contributed by atoms with van der Waals surface area (Å²) in [5, 5.41) is 0. The minimum atomic E-state index is -4.27. The summed E-state index contributed by atoms with van der Waals surface area (Å²) < 4.78 is 31.6. The third kappa shape index (κ3) is 3.64. The Labute approximate surface area is 101 Å². The van der Waals surface area contributed by atoms with Crippen molar-refractivity contribution in [2.24, 2.45) is 0 Å². The van der Waals surface area contributed by atoms with Gasteiger partial charge in [0, 0.05) is 5.56 Å². The maximum absolute atomic E-state index is 11.2. The van der Waals surface area contributed by atoms with Crippen LogP contribution >= 0.6 is 0 Å². The summed E-state index contributed by atoms with van der Waals surface area (Å²) in [5.41, 5.74) is 0.845. The number of hydrogen-bond acceptors (Lipinski definition) is 3. The molecule has 0 saturated carbocycles. The molecule has 0 aliphatic heterocycles. The lowest BCUT2D eigenvalue weighted by Crippen LogP contribution is -2.06. The van der Waals surface area contributed by atoms with Crippen LogP contribution in [-0.2, 0) is 16.5 Å². The molecule has 1 rings (SSSR count). The Morgan fingerprint density at radius 1 is 1.35 bits per heavy atom. The van der Waals surface area contributed by atoms with Crippen molar-refractivity contribution in [1.82, 2.24) is 0 Å². The van der Waals surface area contributed by atoms with E-state index in [0.717, 1.165) is 12.8 Å². The highest BCUT2D eigenvalue weighted by Crippen LogP contribution is 2.20. The molecule has 4 nitrogen and oxygen atoms in total. The molecule has 0 amide bonds. The summed E-state index contributed by atoms with van der Waals surface area (Å²) in [6.45, 7) is 3.35. The zero-order valence-corrected chi connectivity index (χ0v) is 10.8. The van der Waals surface area contributed by atoms with Gasteiger partial charge in [0.2, 0.25) is 0 Å². The molecule has 0 atom stereocenters. The van der Waals surface area contributed by atoms with Crippen molar-refractivity contribution in [3.05, 3.63) is 29.3 Å². The average molecular weight is 256 g/mol. The number of ketones is 1. The fraction of sp³-hybridized carbons (Fsp3) is 0.417. The van der Waals surface area contributed by atoms with E-state index in [1.807, 2.05) is 6.92 Å². The number of unbranched alkanes of at least 4 members (excludes halogenated alkanes) is 1. The molecule has 1 aromatic rings. The van der Waals surface area contributed by atoms with Crippen LogP contribution in [0.25, 0.3) is 0 Å². The van der Waals surface area contributed by atoms with Crippen molar-refractivity contribution >= 4 is 15.9 Å². The lowest BCUT2D eigenvalue weighted by atomic mass is 10.0. The van der Waals surface area contributed by atoms with Gasteiger partial charge in [-0.15, -0.1) is 0 Å². The highest BCUT2D eigenvalue weighted by molar-refractivity contribution is 7.85. The van der Waals surface area contributed by atoms with Crippen molar-refractivity contribution in [2.75, 3.05) is 0 Å². The van der Waals surface area contributed by atoms with Gasteiger partial charge in [-0.25, -0.2) is 0 Å². The van der Waals surface area contributed by atoms with E-state index in [0.29, 0.717) is 12.0 Å². The second-order valence-corrected chi connectivity index (χ2v) is 5.35. The minimum absolute atomic E-state index is 0.154. The van der Waals surface area contributed by atoms with Gasteiger partial charge >= 0.3 is 0 Å². The lowest BCUT2D eigenvalue weighted by molar-refractivity contribution is 0.101. The predicted octanol–water partition coefficient (Wildman–Crippen LogP) is 2.48. The smallest absolute Gasteiger partial charge is 0.294 e. The fourth-order valence-corrected chi connectivity index (χ4v) is 2.36. The Morgan fingerprint density at radius 3 is 2.47 bits per heavy atom. The van der Waals surface area contributed by atoms with Gasteiger partial charge in [0.05, 0.1) is 4.90 Å². The third-order valence-corrected chi connectivity index (χ3v) is 3.49. The SMILES string of the molecule is CCCCc1ccc(C(C)=O)cc1S(=O)(=O)O. The van der Waals surface area contributed by atoms with Crippen LogP contribution in [0.3, 0.4) is 0 Å². The molecule has 0 radical (unpaired) electrons. The maximum atomic E-state index is 11.2. The number of aryl methyl sites for hydroxylation is 1. The molecule has 0 aliphatic rings. The summed E-state index contributed by atoms with van der Waals surface area (Å²) >= 11 is 0. The first-order valence-corrected chi connectivity index (χ1v) is 6.91. The van der Waals surface area contributed by atoms with Crippen molar-refractivity contribution in [2.45, 2.75) is 38.0 Å². The Hall–Kier alpha value is -1.20. The number of carbonyl (C=O) groups excluding carboxylic acids is 1. The maximum Gasteiger partial charge on any atom is 0.294 e. The first-order chi connectivity index (χ1) is 7.86. The topological polar surface area (TPSA) is 71.4 Å². The van der Waals surface area contributed by atoms with Crippen molar-refractivity contribution in [3.8, 4) is 0 Å². The number of hydrogen-bond donors (Lipinski definition) is 1. The third-order valence-electron chi connectivity index (χ3n) is 2.55. The van der Waals surface area contributed by atoms with E-state index in [2.05, 4.69) is 0 Å². The first-order valence-electron chi connectivity index (χ1n) is 5.47. The summed E-state index contributed by atoms with van der Waals surface area (Å²) in [6.07, 6.45) is 2.34. The van der Waals surface area contributed by atoms with Crippen LogP contribution in [0.1, 0.15) is 42.6 Å². The molecule has 1 aromatic carbocycles. The van der Waals surface area contributed by atoms with Crippen molar-refractivity contribution < 1.29 is 17.8 Å². The highest BCUT2D eigenvalue weighted by Gasteiger charge is 2.16. The van der Waals surface area contributed by atoms with Crippen molar-refractivity contribution in [3.63, 3.8) is 0 Å². The molecule has 0 saturated heterocycles. The van der Waals surface area contributed by atoms with E-state index >= 15 is 0 Å². The molecule has 94 valence electrons. The zero-order valence-electron chi connectivity index (χ0n) is 9.93. The minimum Gasteiger partial charge on any atom is -0.295 e. The van der Waals surface area contributed by atoms with E-state index in [9.17, 15) is 13.2 Å². The summed E-state index contributed by atoms with van der Waals surface area (Å²) in [6, 6.07) is 4.42. The average Bonchev–Trinajstić information content (AvgIpc) is 2.24. The molecule has 0 aliphatic carbocycles. The number of Topliss-reactive ketones (excluding diaryl/α,β-unsaturated/α-hetero) is 1. The van der Waals surface area contributed by atoms with Crippen LogP contribution < -0.4 is 0 Å². The Bertz CT molecular complexity index is 517. The molecule has 1 N–H and O–H groups in total. The Morgan fingerprint density at radius 2 is 2.00 bits per heavy atom. The Balaban J connectivity index is 3.27.